The Balaban J connectivity index is 1.86. The molecule has 0 amide bonds. The molecule has 4 rings (SSSR count). The standard InChI is InChI=1S/C22H17NP/c1-3-10-18(11-4-1)24(19-12-5-2-6-13-19)22-16-8-7-14-20(22)21-15-9-17-23-21/h1-17H. The molecule has 0 atom stereocenters. The summed E-state index contributed by atoms with van der Waals surface area (Å²) in [5.74, 6) is 0. The fourth-order valence-corrected chi connectivity index (χ4v) is 5.39. The highest BCUT2D eigenvalue weighted by Crippen LogP contribution is 2.36. The molecule has 2 heteroatoms. The molecule has 1 heterocycles. The summed E-state index contributed by atoms with van der Waals surface area (Å²) in [6.07, 6.45) is 4.09. The van der Waals surface area contributed by atoms with Gasteiger partial charge < -0.3 is 0 Å². The van der Waals surface area contributed by atoms with E-state index in [2.05, 4.69) is 96.7 Å². The van der Waals surface area contributed by atoms with Gasteiger partial charge in [-0.1, -0.05) is 84.9 Å². The zero-order chi connectivity index (χ0) is 16.2. The number of hydrogen-bond acceptors (Lipinski definition) is 0. The number of hydrogen-bond donors (Lipinski definition) is 0. The van der Waals surface area contributed by atoms with Crippen LogP contribution in [-0.4, -0.2) is 0 Å². The number of nitrogens with zero attached hydrogens (tertiary/aromatic N) is 1. The summed E-state index contributed by atoms with van der Waals surface area (Å²) in [6, 6.07) is 31.3. The van der Waals surface area contributed by atoms with Crippen molar-refractivity contribution >= 4 is 23.8 Å². The number of rotatable bonds is 4. The van der Waals surface area contributed by atoms with Crippen LogP contribution in [0.15, 0.2) is 84.9 Å². The topological polar surface area (TPSA) is 14.1 Å². The molecule has 0 unspecified atom stereocenters. The van der Waals surface area contributed by atoms with Gasteiger partial charge in [0.2, 0.25) is 0 Å². The lowest BCUT2D eigenvalue weighted by molar-refractivity contribution is 0.949. The van der Waals surface area contributed by atoms with Crippen LogP contribution in [0, 0.1) is 25.4 Å². The second-order valence-corrected chi connectivity index (χ2v) is 7.73. The lowest BCUT2D eigenvalue weighted by Gasteiger charge is -2.23. The maximum atomic E-state index is 4.53. The zero-order valence-corrected chi connectivity index (χ0v) is 14.1. The summed E-state index contributed by atoms with van der Waals surface area (Å²) in [7, 11) is -0.612. The van der Waals surface area contributed by atoms with Crippen molar-refractivity contribution in [2.45, 2.75) is 0 Å². The van der Waals surface area contributed by atoms with E-state index in [1.165, 1.54) is 21.5 Å². The fraction of sp³-hybridized carbons (Fsp3) is 0. The van der Waals surface area contributed by atoms with Gasteiger partial charge >= 0.3 is 0 Å². The van der Waals surface area contributed by atoms with Gasteiger partial charge in [0.05, 0.1) is 6.04 Å². The lowest BCUT2D eigenvalue weighted by atomic mass is 10.1. The van der Waals surface area contributed by atoms with Gasteiger partial charge in [0.15, 0.2) is 0 Å². The quantitative estimate of drug-likeness (QED) is 0.652. The van der Waals surface area contributed by atoms with E-state index < -0.39 is 7.92 Å². The van der Waals surface area contributed by atoms with Crippen molar-refractivity contribution in [3.05, 3.63) is 116 Å². The molecule has 0 bridgehead atoms. The maximum Gasteiger partial charge on any atom is 0.0892 e. The van der Waals surface area contributed by atoms with Crippen LogP contribution in [0.4, 0.5) is 0 Å². The minimum atomic E-state index is -0.612. The molecule has 115 valence electrons. The smallest absolute Gasteiger partial charge is 0.0892 e. The van der Waals surface area contributed by atoms with Crippen molar-refractivity contribution in [2.24, 2.45) is 0 Å². The van der Waals surface area contributed by atoms with Gasteiger partial charge in [-0.2, -0.15) is 0 Å². The molecule has 5 radical (unpaired) electrons. The summed E-state index contributed by atoms with van der Waals surface area (Å²) in [5.41, 5.74) is 1.22. The Hall–Kier alpha value is -1.95. The summed E-state index contributed by atoms with van der Waals surface area (Å²) in [6.45, 7) is 1.86. The van der Waals surface area contributed by atoms with E-state index in [-0.39, 0.29) is 0 Å². The molecule has 0 aliphatic carbocycles. The first-order valence-corrected chi connectivity index (χ1v) is 9.35. The van der Waals surface area contributed by atoms with Gasteiger partial charge in [-0.25, -0.2) is 5.32 Å². The van der Waals surface area contributed by atoms with Gasteiger partial charge in [-0.3, -0.25) is 0 Å². The van der Waals surface area contributed by atoms with E-state index >= 15 is 0 Å². The molecule has 1 saturated heterocycles. The average molecular weight is 326 g/mol. The van der Waals surface area contributed by atoms with Gasteiger partial charge in [0, 0.05) is 6.54 Å². The van der Waals surface area contributed by atoms with Crippen LogP contribution >= 0.6 is 7.92 Å². The van der Waals surface area contributed by atoms with E-state index in [1.54, 1.807) is 0 Å². The molecule has 0 spiro atoms. The largest absolute Gasteiger partial charge is 0.222 e. The summed E-state index contributed by atoms with van der Waals surface area (Å²) in [5, 5.41) is 8.60. The Morgan fingerprint density at radius 2 is 1.21 bits per heavy atom. The summed E-state index contributed by atoms with van der Waals surface area (Å²) >= 11 is 0. The van der Waals surface area contributed by atoms with E-state index in [9.17, 15) is 0 Å². The van der Waals surface area contributed by atoms with Crippen molar-refractivity contribution in [1.29, 1.82) is 0 Å². The molecular formula is C22H17NP. The minimum Gasteiger partial charge on any atom is -0.222 e. The molecule has 1 nitrogen and oxygen atoms in total. The van der Waals surface area contributed by atoms with E-state index in [0.29, 0.717) is 0 Å². The van der Waals surface area contributed by atoms with Crippen LogP contribution in [0.2, 0.25) is 0 Å². The van der Waals surface area contributed by atoms with E-state index in [0.717, 1.165) is 6.04 Å². The molecule has 1 aliphatic rings. The molecule has 0 saturated carbocycles. The third-order valence-electron chi connectivity index (χ3n) is 4.00. The van der Waals surface area contributed by atoms with Gasteiger partial charge in [0.25, 0.3) is 0 Å². The molecule has 3 aromatic carbocycles. The first kappa shape index (κ1) is 15.6. The molecule has 1 fully saturated rings. The second kappa shape index (κ2) is 7.30. The molecule has 0 aromatic heterocycles. The summed E-state index contributed by atoms with van der Waals surface area (Å²) in [4.78, 5) is 0. The van der Waals surface area contributed by atoms with Gasteiger partial charge in [0.1, 0.15) is 0 Å². The monoisotopic (exact) mass is 326 g/mol. The first-order chi connectivity index (χ1) is 11.9. The predicted molar refractivity (Wildman–Crippen MR) is 103 cm³/mol. The Bertz CT molecular complexity index is 740. The van der Waals surface area contributed by atoms with Crippen molar-refractivity contribution in [2.75, 3.05) is 0 Å². The van der Waals surface area contributed by atoms with Gasteiger partial charge in [-0.15, -0.1) is 0 Å². The van der Waals surface area contributed by atoms with Crippen LogP contribution in [0.1, 0.15) is 5.56 Å². The van der Waals surface area contributed by atoms with Crippen molar-refractivity contribution in [3.8, 4) is 0 Å². The van der Waals surface area contributed by atoms with Crippen LogP contribution in [0.3, 0.4) is 0 Å². The number of benzene rings is 3. The molecular weight excluding hydrogens is 309 g/mol. The van der Waals surface area contributed by atoms with Crippen molar-refractivity contribution < 1.29 is 0 Å². The molecule has 1 aliphatic heterocycles. The molecule has 24 heavy (non-hydrogen) atoms. The lowest BCUT2D eigenvalue weighted by Crippen LogP contribution is -2.25. The third-order valence-corrected chi connectivity index (χ3v) is 6.50. The van der Waals surface area contributed by atoms with E-state index in [1.807, 2.05) is 13.0 Å². The second-order valence-electron chi connectivity index (χ2n) is 5.55. The van der Waals surface area contributed by atoms with Crippen LogP contribution in [0.5, 0.6) is 0 Å². The zero-order valence-electron chi connectivity index (χ0n) is 13.2. The maximum absolute atomic E-state index is 4.53. The van der Waals surface area contributed by atoms with Crippen LogP contribution < -0.4 is 21.2 Å². The summed E-state index contributed by atoms with van der Waals surface area (Å²) < 4.78 is 0. The van der Waals surface area contributed by atoms with Crippen molar-refractivity contribution in [3.63, 3.8) is 0 Å². The fourth-order valence-electron chi connectivity index (χ4n) is 2.93. The Kier molecular flexibility index (Phi) is 4.74. The van der Waals surface area contributed by atoms with Gasteiger partial charge in [-0.05, 0) is 42.2 Å². The molecule has 0 N–H and O–H groups in total. The highest BCUT2D eigenvalue weighted by molar-refractivity contribution is 7.79. The van der Waals surface area contributed by atoms with Crippen LogP contribution in [0.25, 0.3) is 0 Å². The third kappa shape index (κ3) is 3.15. The average Bonchev–Trinajstić information content (AvgIpc) is 3.19. The SMILES string of the molecule is [CH]1[CH][N][C](c2ccccc2P(c2ccccc2)c2ccccc2)[CH]1. The van der Waals surface area contributed by atoms with Crippen LogP contribution in [-0.2, 0) is 0 Å². The Morgan fingerprint density at radius 1 is 0.625 bits per heavy atom. The highest BCUT2D eigenvalue weighted by atomic mass is 31.1. The molecule has 3 aromatic rings. The van der Waals surface area contributed by atoms with Crippen molar-refractivity contribution in [1.82, 2.24) is 5.32 Å². The normalized spacial score (nSPS) is 15.0. The Labute approximate surface area is 145 Å². The Morgan fingerprint density at radius 3 is 1.79 bits per heavy atom. The first-order valence-electron chi connectivity index (χ1n) is 8.01. The highest BCUT2D eigenvalue weighted by Gasteiger charge is 2.26. The minimum absolute atomic E-state index is 0.612. The van der Waals surface area contributed by atoms with E-state index in [4.69, 9.17) is 0 Å². The predicted octanol–water partition coefficient (Wildman–Crippen LogP) is 3.51.